The van der Waals surface area contributed by atoms with Gasteiger partial charge in [0.1, 0.15) is 16.4 Å². The predicted octanol–water partition coefficient (Wildman–Crippen LogP) is 3.47. The number of hydrogen-bond acceptors (Lipinski definition) is 8. The molecule has 3 N–H and O–H groups in total. The lowest BCUT2D eigenvalue weighted by Crippen LogP contribution is -2.47. The van der Waals surface area contributed by atoms with Gasteiger partial charge in [-0.15, -0.1) is 11.3 Å². The number of aliphatic hydroxyl groups excluding tert-OH is 1. The second kappa shape index (κ2) is 7.01. The van der Waals surface area contributed by atoms with Crippen molar-refractivity contribution in [3.8, 4) is 10.6 Å². The highest BCUT2D eigenvalue weighted by Crippen LogP contribution is 2.39. The molecule has 1 fully saturated rings. The van der Waals surface area contributed by atoms with Crippen molar-refractivity contribution in [1.29, 1.82) is 0 Å². The Morgan fingerprint density at radius 2 is 2.00 bits per heavy atom. The Kier molecular flexibility index (Phi) is 4.84. The highest BCUT2D eigenvalue weighted by molar-refractivity contribution is 7.98. The van der Waals surface area contributed by atoms with Crippen LogP contribution in [-0.2, 0) is 0 Å². The molecular formula is C19H22N4O2S2. The summed E-state index contributed by atoms with van der Waals surface area (Å²) in [6.07, 6.45) is 2.42. The van der Waals surface area contributed by atoms with Crippen molar-refractivity contribution in [2.75, 3.05) is 11.6 Å². The number of anilines is 1. The Bertz CT molecular complexity index is 956. The van der Waals surface area contributed by atoms with E-state index in [1.54, 1.807) is 18.3 Å². The Balaban J connectivity index is 1.81. The lowest BCUT2D eigenvalue weighted by atomic mass is 9.98. The Morgan fingerprint density at radius 1 is 1.22 bits per heavy atom. The predicted molar refractivity (Wildman–Crippen MR) is 110 cm³/mol. The monoisotopic (exact) mass is 402 g/mol. The minimum absolute atomic E-state index is 0.287. The maximum Gasteiger partial charge on any atom is 0.189 e. The largest absolute Gasteiger partial charge is 0.390 e. The number of hydrogen-bond donors (Lipinski definition) is 3. The molecule has 1 aliphatic carbocycles. The van der Waals surface area contributed by atoms with Crippen molar-refractivity contribution in [3.63, 3.8) is 0 Å². The average Bonchev–Trinajstić information content (AvgIpc) is 3.17. The Morgan fingerprint density at radius 3 is 2.67 bits per heavy atom. The number of thiazole rings is 1. The van der Waals surface area contributed by atoms with Gasteiger partial charge in [0.2, 0.25) is 0 Å². The number of aliphatic hydroxyl groups is 2. The van der Waals surface area contributed by atoms with Crippen LogP contribution < -0.4 is 5.32 Å². The third kappa shape index (κ3) is 3.31. The molecule has 27 heavy (non-hydrogen) atoms. The van der Waals surface area contributed by atoms with Gasteiger partial charge in [0.15, 0.2) is 5.16 Å². The molecule has 0 amide bonds. The van der Waals surface area contributed by atoms with E-state index in [2.05, 4.69) is 15.3 Å². The van der Waals surface area contributed by atoms with E-state index >= 15 is 0 Å². The zero-order valence-electron chi connectivity index (χ0n) is 15.4. The zero-order chi connectivity index (χ0) is 19.2. The number of nitrogens with zero attached hydrogens (tertiary/aromatic N) is 3. The average molecular weight is 403 g/mol. The molecule has 8 heteroatoms. The first-order valence-corrected chi connectivity index (χ1v) is 10.9. The van der Waals surface area contributed by atoms with Gasteiger partial charge >= 0.3 is 0 Å². The molecular weight excluding hydrogens is 380 g/mol. The molecule has 1 saturated carbocycles. The second-order valence-corrected chi connectivity index (χ2v) is 8.83. The van der Waals surface area contributed by atoms with Gasteiger partial charge in [-0.25, -0.2) is 15.0 Å². The maximum absolute atomic E-state index is 10.7. The molecule has 3 aromatic rings. The highest BCUT2D eigenvalue weighted by Gasteiger charge is 2.45. The fourth-order valence-electron chi connectivity index (χ4n) is 3.50. The first-order chi connectivity index (χ1) is 12.9. The van der Waals surface area contributed by atoms with Crippen LogP contribution in [0.2, 0.25) is 0 Å². The number of fused-ring (bicyclic) bond motifs is 1. The van der Waals surface area contributed by atoms with Crippen LogP contribution in [0.4, 0.5) is 5.82 Å². The normalized spacial score (nSPS) is 25.2. The van der Waals surface area contributed by atoms with Crippen LogP contribution in [0.15, 0.2) is 29.4 Å². The number of aromatic nitrogens is 3. The minimum Gasteiger partial charge on any atom is -0.390 e. The molecule has 0 bridgehead atoms. The highest BCUT2D eigenvalue weighted by atomic mass is 32.2. The molecule has 2 heterocycles. The van der Waals surface area contributed by atoms with Gasteiger partial charge < -0.3 is 15.5 Å². The SMILES string of the molecule is CSc1nc(C)c(-c2nc3ccccc3s2)c(NC2CCC(O)C2(C)O)n1. The smallest absolute Gasteiger partial charge is 0.189 e. The number of aryl methyl sites for hydroxylation is 1. The summed E-state index contributed by atoms with van der Waals surface area (Å²) in [7, 11) is 0. The van der Waals surface area contributed by atoms with Gasteiger partial charge in [-0.1, -0.05) is 23.9 Å². The van der Waals surface area contributed by atoms with E-state index in [4.69, 9.17) is 4.98 Å². The number of thioether (sulfide) groups is 1. The third-order valence-corrected chi connectivity index (χ3v) is 6.78. The van der Waals surface area contributed by atoms with Gasteiger partial charge in [0, 0.05) is 0 Å². The van der Waals surface area contributed by atoms with Crippen LogP contribution in [0, 0.1) is 6.92 Å². The standard InChI is InChI=1S/C19H22N4O2S2/c1-10-15(17-21-11-6-4-5-7-12(11)27-17)16(23-18(20-10)26-3)22-13-8-9-14(24)19(13,2)25/h4-7,13-14,24-25H,8-9H2,1-3H3,(H,20,22,23). The molecule has 4 rings (SSSR count). The van der Waals surface area contributed by atoms with Crippen LogP contribution in [0.1, 0.15) is 25.5 Å². The number of benzene rings is 1. The van der Waals surface area contributed by atoms with E-state index in [0.717, 1.165) is 26.5 Å². The van der Waals surface area contributed by atoms with E-state index in [1.165, 1.54) is 11.8 Å². The van der Waals surface area contributed by atoms with Crippen molar-refractivity contribution in [2.24, 2.45) is 0 Å². The summed E-state index contributed by atoms with van der Waals surface area (Å²) < 4.78 is 1.11. The topological polar surface area (TPSA) is 91.2 Å². The third-order valence-electron chi connectivity index (χ3n) is 5.18. The van der Waals surface area contributed by atoms with Crippen molar-refractivity contribution in [3.05, 3.63) is 30.0 Å². The molecule has 1 aliphatic rings. The molecule has 0 saturated heterocycles. The molecule has 0 spiro atoms. The maximum atomic E-state index is 10.7. The molecule has 3 atom stereocenters. The summed E-state index contributed by atoms with van der Waals surface area (Å²) in [5, 5.41) is 25.7. The van der Waals surface area contributed by atoms with Gasteiger partial charge in [-0.2, -0.15) is 0 Å². The minimum atomic E-state index is -1.21. The van der Waals surface area contributed by atoms with Gasteiger partial charge in [-0.05, 0) is 45.1 Å². The van der Waals surface area contributed by atoms with Crippen LogP contribution in [-0.4, -0.2) is 49.2 Å². The molecule has 142 valence electrons. The molecule has 1 aromatic carbocycles. The van der Waals surface area contributed by atoms with E-state index in [9.17, 15) is 10.2 Å². The van der Waals surface area contributed by atoms with E-state index < -0.39 is 11.7 Å². The molecule has 6 nitrogen and oxygen atoms in total. The molecule has 0 aliphatic heterocycles. The molecule has 0 radical (unpaired) electrons. The zero-order valence-corrected chi connectivity index (χ0v) is 17.1. The first kappa shape index (κ1) is 18.6. The summed E-state index contributed by atoms with van der Waals surface area (Å²) in [5.74, 6) is 0.658. The van der Waals surface area contributed by atoms with Crippen LogP contribution in [0.3, 0.4) is 0 Å². The van der Waals surface area contributed by atoms with E-state index in [1.807, 2.05) is 37.4 Å². The van der Waals surface area contributed by atoms with Crippen molar-refractivity contribution < 1.29 is 10.2 Å². The van der Waals surface area contributed by atoms with E-state index in [-0.39, 0.29) is 6.04 Å². The fraction of sp³-hybridized carbons (Fsp3) is 0.421. The van der Waals surface area contributed by atoms with Crippen LogP contribution in [0.5, 0.6) is 0 Å². The number of nitrogens with one attached hydrogen (secondary N) is 1. The van der Waals surface area contributed by atoms with Crippen LogP contribution in [0.25, 0.3) is 20.8 Å². The second-order valence-electron chi connectivity index (χ2n) is 7.02. The number of para-hydroxylation sites is 1. The quantitative estimate of drug-likeness (QED) is 0.455. The van der Waals surface area contributed by atoms with Crippen molar-refractivity contribution >= 4 is 39.1 Å². The summed E-state index contributed by atoms with van der Waals surface area (Å²) in [6.45, 7) is 3.62. The Labute approximate surface area is 166 Å². The lowest BCUT2D eigenvalue weighted by Gasteiger charge is -2.30. The first-order valence-electron chi connectivity index (χ1n) is 8.85. The molecule has 2 aromatic heterocycles. The van der Waals surface area contributed by atoms with Crippen LogP contribution >= 0.6 is 23.1 Å². The van der Waals surface area contributed by atoms with Crippen molar-refractivity contribution in [2.45, 2.75) is 49.6 Å². The van der Waals surface area contributed by atoms with Crippen molar-refractivity contribution in [1.82, 2.24) is 15.0 Å². The fourth-order valence-corrected chi connectivity index (χ4v) is 4.98. The van der Waals surface area contributed by atoms with E-state index in [0.29, 0.717) is 23.8 Å². The summed E-state index contributed by atoms with van der Waals surface area (Å²) in [4.78, 5) is 14.0. The summed E-state index contributed by atoms with van der Waals surface area (Å²) in [5.41, 5.74) is 1.43. The van der Waals surface area contributed by atoms with Gasteiger partial charge in [0.25, 0.3) is 0 Å². The molecule has 3 unspecified atom stereocenters. The summed E-state index contributed by atoms with van der Waals surface area (Å²) >= 11 is 3.07. The number of rotatable bonds is 4. The Hall–Kier alpha value is -1.74. The lowest BCUT2D eigenvalue weighted by molar-refractivity contribution is -0.0439. The van der Waals surface area contributed by atoms with Gasteiger partial charge in [0.05, 0.1) is 33.6 Å². The summed E-state index contributed by atoms with van der Waals surface area (Å²) in [6, 6.07) is 7.73. The van der Waals surface area contributed by atoms with Gasteiger partial charge in [-0.3, -0.25) is 0 Å².